The van der Waals surface area contributed by atoms with Crippen molar-refractivity contribution in [2.45, 2.75) is 38.5 Å². The lowest BCUT2D eigenvalue weighted by molar-refractivity contribution is 0.151. The number of benzene rings is 1. The average molecular weight is 413 g/mol. The summed E-state index contributed by atoms with van der Waals surface area (Å²) in [7, 11) is 1.90. The Morgan fingerprint density at radius 2 is 2.00 bits per heavy atom. The second-order valence-electron chi connectivity index (χ2n) is 6.76. The molecule has 2 fully saturated rings. The van der Waals surface area contributed by atoms with E-state index in [9.17, 15) is 0 Å². The molecule has 0 amide bonds. The smallest absolute Gasteiger partial charge is 0.193 e. The summed E-state index contributed by atoms with van der Waals surface area (Å²) in [5.74, 6) is 1.59. The molecule has 0 radical (unpaired) electrons. The van der Waals surface area contributed by atoms with Crippen LogP contribution in [0.2, 0.25) is 0 Å². The lowest BCUT2D eigenvalue weighted by atomic mass is 9.68. The topological polar surface area (TPSA) is 27.6 Å². The zero-order valence-corrected chi connectivity index (χ0v) is 16.0. The van der Waals surface area contributed by atoms with Gasteiger partial charge in [-0.25, -0.2) is 0 Å². The van der Waals surface area contributed by atoms with Crippen LogP contribution in [-0.2, 0) is 0 Å². The van der Waals surface area contributed by atoms with E-state index >= 15 is 0 Å². The average Bonchev–Trinajstić information content (AvgIpc) is 2.94. The Balaban J connectivity index is 0.00000176. The summed E-state index contributed by atoms with van der Waals surface area (Å²) in [6.45, 7) is 5.58. The third-order valence-corrected chi connectivity index (χ3v) is 5.30. The van der Waals surface area contributed by atoms with Gasteiger partial charge in [-0.15, -0.1) is 24.0 Å². The maximum Gasteiger partial charge on any atom is 0.193 e. The first-order valence-corrected chi connectivity index (χ1v) is 8.23. The van der Waals surface area contributed by atoms with Gasteiger partial charge in [0, 0.05) is 26.7 Å². The largest absolute Gasteiger partial charge is 0.356 e. The number of nitrogens with one attached hydrogen (secondary N) is 1. The van der Waals surface area contributed by atoms with E-state index in [-0.39, 0.29) is 24.0 Å². The van der Waals surface area contributed by atoms with Crippen LogP contribution in [0.3, 0.4) is 0 Å². The van der Waals surface area contributed by atoms with Crippen LogP contribution in [-0.4, -0.2) is 37.5 Å². The SMILES string of the molecule is CN=C(NCC(C)c1ccccc1)N1CCC2(CCC2)C1.I. The van der Waals surface area contributed by atoms with Crippen LogP contribution in [0.4, 0.5) is 0 Å². The van der Waals surface area contributed by atoms with Crippen molar-refractivity contribution in [3.05, 3.63) is 35.9 Å². The van der Waals surface area contributed by atoms with Crippen molar-refractivity contribution in [3.63, 3.8) is 0 Å². The van der Waals surface area contributed by atoms with Crippen LogP contribution in [0.15, 0.2) is 35.3 Å². The highest BCUT2D eigenvalue weighted by molar-refractivity contribution is 14.0. The first-order chi connectivity index (χ1) is 10.2. The fraction of sp³-hybridized carbons (Fsp3) is 0.611. The molecule has 1 spiro atoms. The molecule has 122 valence electrons. The number of guanidine groups is 1. The van der Waals surface area contributed by atoms with Crippen LogP contribution in [0.1, 0.15) is 44.1 Å². The van der Waals surface area contributed by atoms with Gasteiger partial charge in [0.2, 0.25) is 0 Å². The number of hydrogen-bond acceptors (Lipinski definition) is 1. The maximum atomic E-state index is 4.49. The van der Waals surface area contributed by atoms with Crippen molar-refractivity contribution in [3.8, 4) is 0 Å². The van der Waals surface area contributed by atoms with E-state index in [4.69, 9.17) is 0 Å². The number of rotatable bonds is 3. The van der Waals surface area contributed by atoms with Crippen LogP contribution in [0.25, 0.3) is 0 Å². The minimum atomic E-state index is 0. The van der Waals surface area contributed by atoms with E-state index in [1.807, 2.05) is 7.05 Å². The van der Waals surface area contributed by atoms with E-state index in [1.165, 1.54) is 44.3 Å². The van der Waals surface area contributed by atoms with E-state index in [0.29, 0.717) is 11.3 Å². The van der Waals surface area contributed by atoms with Crippen LogP contribution in [0, 0.1) is 5.41 Å². The zero-order chi connectivity index (χ0) is 14.7. The molecule has 0 aromatic heterocycles. The van der Waals surface area contributed by atoms with Crippen LogP contribution < -0.4 is 5.32 Å². The minimum absolute atomic E-state index is 0. The minimum Gasteiger partial charge on any atom is -0.356 e. The Morgan fingerprint density at radius 3 is 2.55 bits per heavy atom. The summed E-state index contributed by atoms with van der Waals surface area (Å²) < 4.78 is 0. The Kier molecular flexibility index (Phi) is 6.12. The molecule has 1 heterocycles. The molecular formula is C18H28IN3. The number of aliphatic imine (C=N–C) groups is 1. The van der Waals surface area contributed by atoms with Gasteiger partial charge in [-0.2, -0.15) is 0 Å². The van der Waals surface area contributed by atoms with E-state index in [1.54, 1.807) is 0 Å². The summed E-state index contributed by atoms with van der Waals surface area (Å²) in [5, 5.41) is 3.57. The van der Waals surface area contributed by atoms with Gasteiger partial charge in [0.25, 0.3) is 0 Å². The van der Waals surface area contributed by atoms with Crippen molar-refractivity contribution in [1.29, 1.82) is 0 Å². The quantitative estimate of drug-likeness (QED) is 0.463. The number of nitrogens with zero attached hydrogens (tertiary/aromatic N) is 2. The normalized spacial score (nSPS) is 21.2. The van der Waals surface area contributed by atoms with Crippen molar-refractivity contribution in [2.75, 3.05) is 26.7 Å². The fourth-order valence-corrected chi connectivity index (χ4v) is 3.68. The van der Waals surface area contributed by atoms with Crippen molar-refractivity contribution in [1.82, 2.24) is 10.2 Å². The van der Waals surface area contributed by atoms with Gasteiger partial charge in [0.1, 0.15) is 0 Å². The Bertz CT molecular complexity index is 496. The summed E-state index contributed by atoms with van der Waals surface area (Å²) in [5.41, 5.74) is 2.01. The standard InChI is InChI=1S/C18H27N3.HI/c1-15(16-7-4-3-5-8-16)13-20-17(19-2)21-12-11-18(14-21)9-6-10-18;/h3-5,7-8,15H,6,9-14H2,1-2H3,(H,19,20);1H. The molecule has 4 heteroatoms. The van der Waals surface area contributed by atoms with E-state index in [2.05, 4.69) is 52.5 Å². The third-order valence-electron chi connectivity index (χ3n) is 5.30. The van der Waals surface area contributed by atoms with E-state index in [0.717, 1.165) is 12.5 Å². The summed E-state index contributed by atoms with van der Waals surface area (Å²) >= 11 is 0. The number of hydrogen-bond donors (Lipinski definition) is 1. The molecule has 3 nitrogen and oxygen atoms in total. The van der Waals surface area contributed by atoms with Crippen LogP contribution >= 0.6 is 24.0 Å². The predicted octanol–water partition coefficient (Wildman–Crippen LogP) is 3.86. The van der Waals surface area contributed by atoms with Gasteiger partial charge >= 0.3 is 0 Å². The molecular weight excluding hydrogens is 385 g/mol. The molecule has 1 saturated heterocycles. The molecule has 1 aromatic carbocycles. The molecule has 22 heavy (non-hydrogen) atoms. The molecule has 1 aliphatic heterocycles. The van der Waals surface area contributed by atoms with Gasteiger partial charge in [0.15, 0.2) is 5.96 Å². The van der Waals surface area contributed by atoms with Gasteiger partial charge in [0.05, 0.1) is 0 Å². The summed E-state index contributed by atoms with van der Waals surface area (Å²) in [4.78, 5) is 6.95. The van der Waals surface area contributed by atoms with Crippen molar-refractivity contribution in [2.24, 2.45) is 10.4 Å². The number of likely N-dealkylation sites (tertiary alicyclic amines) is 1. The molecule has 3 rings (SSSR count). The molecule has 1 aromatic rings. The van der Waals surface area contributed by atoms with Crippen LogP contribution in [0.5, 0.6) is 0 Å². The first-order valence-electron chi connectivity index (χ1n) is 8.23. The molecule has 1 unspecified atom stereocenters. The Labute approximate surface area is 151 Å². The van der Waals surface area contributed by atoms with Gasteiger partial charge < -0.3 is 10.2 Å². The van der Waals surface area contributed by atoms with Crippen molar-refractivity contribution < 1.29 is 0 Å². The fourth-order valence-electron chi connectivity index (χ4n) is 3.68. The Morgan fingerprint density at radius 1 is 1.27 bits per heavy atom. The van der Waals surface area contributed by atoms with Crippen molar-refractivity contribution >= 4 is 29.9 Å². The molecule has 1 N–H and O–H groups in total. The lowest BCUT2D eigenvalue weighted by Gasteiger charge is -2.38. The highest BCUT2D eigenvalue weighted by Crippen LogP contribution is 2.47. The monoisotopic (exact) mass is 413 g/mol. The lowest BCUT2D eigenvalue weighted by Crippen LogP contribution is -2.43. The van der Waals surface area contributed by atoms with E-state index < -0.39 is 0 Å². The second kappa shape index (κ2) is 7.66. The summed E-state index contributed by atoms with van der Waals surface area (Å²) in [6.07, 6.45) is 5.61. The first kappa shape index (κ1) is 17.6. The molecule has 0 bridgehead atoms. The second-order valence-corrected chi connectivity index (χ2v) is 6.76. The zero-order valence-electron chi connectivity index (χ0n) is 13.7. The predicted molar refractivity (Wildman–Crippen MR) is 104 cm³/mol. The molecule has 1 aliphatic carbocycles. The maximum absolute atomic E-state index is 4.49. The molecule has 1 atom stereocenters. The van der Waals surface area contributed by atoms with Gasteiger partial charge in [-0.3, -0.25) is 4.99 Å². The third kappa shape index (κ3) is 3.76. The summed E-state index contributed by atoms with van der Waals surface area (Å²) in [6, 6.07) is 10.7. The number of halogens is 1. The van der Waals surface area contributed by atoms with Gasteiger partial charge in [-0.05, 0) is 36.2 Å². The molecule has 2 aliphatic rings. The van der Waals surface area contributed by atoms with Gasteiger partial charge in [-0.1, -0.05) is 43.7 Å². The molecule has 1 saturated carbocycles. The highest BCUT2D eigenvalue weighted by atomic mass is 127. The highest BCUT2D eigenvalue weighted by Gasteiger charge is 2.43. The Hall–Kier alpha value is -0.780.